The fourth-order valence-electron chi connectivity index (χ4n) is 2.41. The Labute approximate surface area is 68.8 Å². The highest BCUT2D eigenvalue weighted by Crippen LogP contribution is 2.59. The Balaban J connectivity index is 0.000000500. The van der Waals surface area contributed by atoms with Crippen LogP contribution in [0.15, 0.2) is 0 Å². The normalized spacial score (nSPS) is 33.9. The summed E-state index contributed by atoms with van der Waals surface area (Å²) < 4.78 is 0. The van der Waals surface area contributed by atoms with Gasteiger partial charge in [0.25, 0.3) is 0 Å². The second-order valence-corrected chi connectivity index (χ2v) is 3.69. The van der Waals surface area contributed by atoms with Crippen LogP contribution in [0.1, 0.15) is 32.1 Å². The van der Waals surface area contributed by atoms with Crippen LogP contribution in [0.5, 0.6) is 0 Å². The Morgan fingerprint density at radius 1 is 1.30 bits per heavy atom. The van der Waals surface area contributed by atoms with E-state index >= 15 is 0 Å². The quantitative estimate of drug-likeness (QED) is 0.625. The third kappa shape index (κ3) is 0.876. The van der Waals surface area contributed by atoms with Crippen LogP contribution in [0.2, 0.25) is 0 Å². The van der Waals surface area contributed by atoms with Gasteiger partial charge in [-0.1, -0.05) is 6.42 Å². The van der Waals surface area contributed by atoms with Crippen molar-refractivity contribution in [3.05, 3.63) is 0 Å². The van der Waals surface area contributed by atoms with Crippen molar-refractivity contribution in [2.75, 3.05) is 6.54 Å². The molecule has 2 aliphatic carbocycles. The van der Waals surface area contributed by atoms with Gasteiger partial charge in [0.15, 0.2) is 0 Å². The predicted octanol–water partition coefficient (Wildman–Crippen LogP) is 1.95. The fraction of sp³-hybridized carbons (Fsp3) is 1.00. The summed E-state index contributed by atoms with van der Waals surface area (Å²) in [4.78, 5) is 0. The molecule has 2 N–H and O–H groups in total. The highest BCUT2D eigenvalue weighted by Gasteiger charge is 2.49. The zero-order valence-electron chi connectivity index (χ0n) is 6.31. The molecule has 0 amide bonds. The molecule has 0 aliphatic heterocycles. The molecule has 2 heteroatoms. The summed E-state index contributed by atoms with van der Waals surface area (Å²) in [7, 11) is 0. The molecule has 2 fully saturated rings. The van der Waals surface area contributed by atoms with E-state index in [-0.39, 0.29) is 12.4 Å². The van der Waals surface area contributed by atoms with E-state index < -0.39 is 0 Å². The summed E-state index contributed by atoms with van der Waals surface area (Å²) in [5, 5.41) is 0. The van der Waals surface area contributed by atoms with E-state index in [9.17, 15) is 0 Å². The second-order valence-electron chi connectivity index (χ2n) is 3.69. The van der Waals surface area contributed by atoms with E-state index in [1.165, 1.54) is 32.1 Å². The SMILES string of the molecule is Cl.NCC1CCC12CCC2. The second kappa shape index (κ2) is 2.71. The molecule has 1 spiro atoms. The molecule has 0 saturated heterocycles. The minimum atomic E-state index is 0. The largest absolute Gasteiger partial charge is 0.330 e. The van der Waals surface area contributed by atoms with Gasteiger partial charge in [0.1, 0.15) is 0 Å². The molecule has 1 nitrogen and oxygen atoms in total. The summed E-state index contributed by atoms with van der Waals surface area (Å²) in [6.07, 6.45) is 7.32. The van der Waals surface area contributed by atoms with Crippen LogP contribution in [0.3, 0.4) is 0 Å². The van der Waals surface area contributed by atoms with Crippen molar-refractivity contribution in [1.29, 1.82) is 0 Å². The molecule has 0 radical (unpaired) electrons. The molecule has 2 rings (SSSR count). The van der Waals surface area contributed by atoms with E-state index in [4.69, 9.17) is 5.73 Å². The van der Waals surface area contributed by atoms with Crippen molar-refractivity contribution >= 4 is 12.4 Å². The van der Waals surface area contributed by atoms with Gasteiger partial charge in [-0.3, -0.25) is 0 Å². The van der Waals surface area contributed by atoms with E-state index in [1.54, 1.807) is 0 Å². The molecular weight excluding hydrogens is 146 g/mol. The lowest BCUT2D eigenvalue weighted by Gasteiger charge is -2.56. The van der Waals surface area contributed by atoms with Crippen molar-refractivity contribution in [3.8, 4) is 0 Å². The van der Waals surface area contributed by atoms with E-state index in [1.807, 2.05) is 0 Å². The molecule has 2 aliphatic rings. The first-order chi connectivity index (χ1) is 4.37. The molecule has 1 unspecified atom stereocenters. The first-order valence-corrected chi connectivity index (χ1v) is 4.07. The highest BCUT2D eigenvalue weighted by molar-refractivity contribution is 5.85. The summed E-state index contributed by atoms with van der Waals surface area (Å²) in [5.74, 6) is 0.909. The number of nitrogens with two attached hydrogens (primary N) is 1. The fourth-order valence-corrected chi connectivity index (χ4v) is 2.41. The van der Waals surface area contributed by atoms with Crippen LogP contribution < -0.4 is 5.73 Å². The van der Waals surface area contributed by atoms with E-state index in [0.717, 1.165) is 17.9 Å². The van der Waals surface area contributed by atoms with Gasteiger partial charge in [-0.25, -0.2) is 0 Å². The molecule has 0 aromatic carbocycles. The number of hydrogen-bond donors (Lipinski definition) is 1. The molecular formula is C8H16ClN. The summed E-state index contributed by atoms with van der Waals surface area (Å²) in [6, 6.07) is 0. The first kappa shape index (κ1) is 8.35. The maximum Gasteiger partial charge on any atom is -0.00436 e. The minimum Gasteiger partial charge on any atom is -0.330 e. The third-order valence-electron chi connectivity index (χ3n) is 3.49. The highest BCUT2D eigenvalue weighted by atomic mass is 35.5. The van der Waals surface area contributed by atoms with Crippen LogP contribution >= 0.6 is 12.4 Å². The smallest absolute Gasteiger partial charge is 0.00436 e. The van der Waals surface area contributed by atoms with Crippen molar-refractivity contribution < 1.29 is 0 Å². The number of hydrogen-bond acceptors (Lipinski definition) is 1. The van der Waals surface area contributed by atoms with Crippen molar-refractivity contribution in [3.63, 3.8) is 0 Å². The Hall–Kier alpha value is 0.250. The summed E-state index contributed by atoms with van der Waals surface area (Å²) in [6.45, 7) is 0.944. The van der Waals surface area contributed by atoms with Gasteiger partial charge in [-0.05, 0) is 43.6 Å². The number of rotatable bonds is 1. The Kier molecular flexibility index (Phi) is 2.26. The summed E-state index contributed by atoms with van der Waals surface area (Å²) in [5.41, 5.74) is 6.41. The van der Waals surface area contributed by atoms with Crippen LogP contribution in [-0.4, -0.2) is 6.54 Å². The topological polar surface area (TPSA) is 26.0 Å². The predicted molar refractivity (Wildman–Crippen MR) is 45.3 cm³/mol. The van der Waals surface area contributed by atoms with Gasteiger partial charge < -0.3 is 5.73 Å². The minimum absolute atomic E-state index is 0. The Morgan fingerprint density at radius 2 is 2.00 bits per heavy atom. The van der Waals surface area contributed by atoms with Crippen LogP contribution in [0.4, 0.5) is 0 Å². The van der Waals surface area contributed by atoms with Gasteiger partial charge in [-0.2, -0.15) is 0 Å². The molecule has 0 aromatic heterocycles. The van der Waals surface area contributed by atoms with Crippen molar-refractivity contribution in [2.45, 2.75) is 32.1 Å². The molecule has 2 saturated carbocycles. The molecule has 10 heavy (non-hydrogen) atoms. The van der Waals surface area contributed by atoms with Crippen molar-refractivity contribution in [1.82, 2.24) is 0 Å². The van der Waals surface area contributed by atoms with Crippen LogP contribution in [0.25, 0.3) is 0 Å². The standard InChI is InChI=1S/C8H15N.ClH/c9-6-7-2-5-8(7)3-1-4-8;/h7H,1-6,9H2;1H. The molecule has 0 bridgehead atoms. The van der Waals surface area contributed by atoms with Crippen molar-refractivity contribution in [2.24, 2.45) is 17.1 Å². The zero-order chi connectivity index (χ0) is 6.32. The van der Waals surface area contributed by atoms with Gasteiger partial charge in [0, 0.05) is 0 Å². The van der Waals surface area contributed by atoms with Gasteiger partial charge >= 0.3 is 0 Å². The van der Waals surface area contributed by atoms with Crippen LogP contribution in [-0.2, 0) is 0 Å². The van der Waals surface area contributed by atoms with Gasteiger partial charge in [-0.15, -0.1) is 12.4 Å². The Bertz CT molecular complexity index is 113. The molecule has 0 aromatic rings. The molecule has 0 heterocycles. The summed E-state index contributed by atoms with van der Waals surface area (Å²) >= 11 is 0. The monoisotopic (exact) mass is 161 g/mol. The lowest BCUT2D eigenvalue weighted by atomic mass is 9.50. The van der Waals surface area contributed by atoms with Gasteiger partial charge in [0.2, 0.25) is 0 Å². The maximum absolute atomic E-state index is 5.62. The van der Waals surface area contributed by atoms with E-state index in [2.05, 4.69) is 0 Å². The maximum atomic E-state index is 5.62. The Morgan fingerprint density at radius 3 is 2.10 bits per heavy atom. The lowest BCUT2D eigenvalue weighted by molar-refractivity contribution is -0.0430. The van der Waals surface area contributed by atoms with Gasteiger partial charge in [0.05, 0.1) is 0 Å². The third-order valence-corrected chi connectivity index (χ3v) is 3.49. The molecule has 1 atom stereocenters. The zero-order valence-corrected chi connectivity index (χ0v) is 7.12. The average Bonchev–Trinajstić information content (AvgIpc) is 1.59. The average molecular weight is 162 g/mol. The lowest BCUT2D eigenvalue weighted by Crippen LogP contribution is -2.48. The van der Waals surface area contributed by atoms with E-state index in [0.29, 0.717) is 0 Å². The first-order valence-electron chi connectivity index (χ1n) is 4.07. The number of halogens is 1. The van der Waals surface area contributed by atoms with Crippen LogP contribution in [0, 0.1) is 11.3 Å². The molecule has 60 valence electrons.